The van der Waals surface area contributed by atoms with Gasteiger partial charge in [0.15, 0.2) is 0 Å². The number of hydrogen-bond donors (Lipinski definition) is 0. The molecule has 160 valence electrons. The maximum absolute atomic E-state index is 6.15. The summed E-state index contributed by atoms with van der Waals surface area (Å²) in [5.74, 6) is 21.9. The van der Waals surface area contributed by atoms with Crippen molar-refractivity contribution >= 4 is 13.2 Å². The van der Waals surface area contributed by atoms with Gasteiger partial charge in [0.25, 0.3) is 0 Å². The highest BCUT2D eigenvalue weighted by Crippen LogP contribution is 2.43. The summed E-state index contributed by atoms with van der Waals surface area (Å²) in [7, 11) is -1.27. The van der Waals surface area contributed by atoms with Gasteiger partial charge in [0.05, 0.1) is 25.7 Å². The van der Waals surface area contributed by atoms with Crippen LogP contribution < -0.4 is 14.8 Å². The second-order valence-electron chi connectivity index (χ2n) is 7.08. The molecule has 0 unspecified atom stereocenters. The lowest BCUT2D eigenvalue weighted by Crippen LogP contribution is -2.12. The van der Waals surface area contributed by atoms with Crippen LogP contribution in [0.3, 0.4) is 0 Å². The number of ether oxygens (including phenoxy) is 2. The van der Waals surface area contributed by atoms with E-state index in [9.17, 15) is 0 Å². The second-order valence-corrected chi connectivity index (χ2v) is 8.68. The fourth-order valence-corrected chi connectivity index (χ4v) is 4.11. The van der Waals surface area contributed by atoms with Crippen LogP contribution in [0.1, 0.15) is 27.7 Å². The van der Waals surface area contributed by atoms with Crippen molar-refractivity contribution in [2.24, 2.45) is 0 Å². The summed E-state index contributed by atoms with van der Waals surface area (Å²) in [5.41, 5.74) is 8.08. The molecule has 0 N–H and O–H groups in total. The van der Waals surface area contributed by atoms with Gasteiger partial charge in [-0.1, -0.05) is 30.3 Å². The average Bonchev–Trinajstić information content (AvgIpc) is 2.78. The zero-order valence-electron chi connectivity index (χ0n) is 19.1. The minimum absolute atomic E-state index is 0.00983. The van der Waals surface area contributed by atoms with Crippen LogP contribution in [-0.4, -0.2) is 12.2 Å². The van der Waals surface area contributed by atoms with Crippen LogP contribution in [0.2, 0.25) is 0 Å². The fourth-order valence-electron chi connectivity index (χ4n) is 2.81. The molecule has 2 aromatic rings. The van der Waals surface area contributed by atoms with Crippen LogP contribution in [0, 0.1) is 71.5 Å². The molecule has 0 fully saturated rings. The topological polar surface area (TPSA) is 18.5 Å². The lowest BCUT2D eigenvalue weighted by molar-refractivity contribution is 0.231. The number of rotatable bonds is 6. The molecular weight excluding hydrogens is 423 g/mol. The van der Waals surface area contributed by atoms with Crippen molar-refractivity contribution in [3.05, 3.63) is 42.5 Å². The highest BCUT2D eigenvalue weighted by atomic mass is 31.1. The molecule has 0 aromatic heterocycles. The van der Waals surface area contributed by atoms with E-state index in [1.807, 2.05) is 70.2 Å². The molecular formula is C30H23O2P. The van der Waals surface area contributed by atoms with Gasteiger partial charge in [0, 0.05) is 5.30 Å². The van der Waals surface area contributed by atoms with Crippen LogP contribution in [0.15, 0.2) is 42.5 Å². The van der Waals surface area contributed by atoms with E-state index >= 15 is 0 Å². The first-order valence-corrected chi connectivity index (χ1v) is 11.6. The molecule has 2 aromatic carbocycles. The Morgan fingerprint density at radius 1 is 0.667 bits per heavy atom. The first-order chi connectivity index (χ1) is 16.0. The van der Waals surface area contributed by atoms with Crippen molar-refractivity contribution in [2.45, 2.75) is 39.9 Å². The van der Waals surface area contributed by atoms with Crippen molar-refractivity contribution in [2.75, 3.05) is 0 Å². The maximum Gasteiger partial charge on any atom is 0.131 e. The van der Waals surface area contributed by atoms with Gasteiger partial charge in [-0.15, -0.1) is 12.8 Å². The quantitative estimate of drug-likeness (QED) is 0.447. The lowest BCUT2D eigenvalue weighted by Gasteiger charge is -2.21. The van der Waals surface area contributed by atoms with Gasteiger partial charge >= 0.3 is 0 Å². The Balaban J connectivity index is 2.78. The summed E-state index contributed by atoms with van der Waals surface area (Å²) in [6.07, 6.45) is 10.4. The Hall–Kier alpha value is -4.17. The zero-order valence-corrected chi connectivity index (χ0v) is 20.0. The van der Waals surface area contributed by atoms with E-state index in [4.69, 9.17) is 22.3 Å². The van der Waals surface area contributed by atoms with Crippen molar-refractivity contribution in [1.29, 1.82) is 0 Å². The average molecular weight is 446 g/mol. The van der Waals surface area contributed by atoms with E-state index in [2.05, 4.69) is 58.7 Å². The molecule has 0 aliphatic rings. The SMILES string of the molecule is C#CC#CC#CP(C#CC#CC#C)c1ccccc1-c1c(OC(C)C)cccc1OC(C)C. The minimum Gasteiger partial charge on any atom is -0.490 e. The highest BCUT2D eigenvalue weighted by Gasteiger charge is 2.21. The Morgan fingerprint density at radius 3 is 1.67 bits per heavy atom. The van der Waals surface area contributed by atoms with Crippen molar-refractivity contribution in [3.8, 4) is 94.2 Å². The van der Waals surface area contributed by atoms with Gasteiger partial charge in [-0.05, 0) is 104 Å². The number of benzene rings is 2. The molecule has 0 saturated carbocycles. The lowest BCUT2D eigenvalue weighted by atomic mass is 10.0. The summed E-state index contributed by atoms with van der Waals surface area (Å²) >= 11 is 0. The van der Waals surface area contributed by atoms with Crippen molar-refractivity contribution in [1.82, 2.24) is 0 Å². The molecule has 0 bridgehead atoms. The van der Waals surface area contributed by atoms with Crippen molar-refractivity contribution < 1.29 is 9.47 Å². The first-order valence-electron chi connectivity index (χ1n) is 10.3. The normalized spacial score (nSPS) is 9.00. The molecule has 0 amide bonds. The fraction of sp³-hybridized carbons (Fsp3) is 0.200. The van der Waals surface area contributed by atoms with Gasteiger partial charge < -0.3 is 9.47 Å². The van der Waals surface area contributed by atoms with Gasteiger partial charge in [-0.3, -0.25) is 0 Å². The summed E-state index contributed by atoms with van der Waals surface area (Å²) < 4.78 is 12.3. The summed E-state index contributed by atoms with van der Waals surface area (Å²) in [6.45, 7) is 7.96. The summed E-state index contributed by atoms with van der Waals surface area (Å²) in [4.78, 5) is 0. The molecule has 3 heteroatoms. The molecule has 0 aliphatic carbocycles. The van der Waals surface area contributed by atoms with E-state index in [1.54, 1.807) is 0 Å². The maximum atomic E-state index is 6.15. The van der Waals surface area contributed by atoms with Gasteiger partial charge in [0.1, 0.15) is 11.5 Å². The predicted octanol–water partition coefficient (Wildman–Crippen LogP) is 5.23. The van der Waals surface area contributed by atoms with Gasteiger partial charge in [-0.2, -0.15) is 0 Å². The second kappa shape index (κ2) is 13.3. The van der Waals surface area contributed by atoms with Crippen molar-refractivity contribution in [3.63, 3.8) is 0 Å². The smallest absolute Gasteiger partial charge is 0.131 e. The van der Waals surface area contributed by atoms with Crippen LogP contribution in [0.4, 0.5) is 0 Å². The molecule has 33 heavy (non-hydrogen) atoms. The zero-order chi connectivity index (χ0) is 24.1. The van der Waals surface area contributed by atoms with E-state index < -0.39 is 7.92 Å². The molecule has 2 rings (SSSR count). The molecule has 0 saturated heterocycles. The molecule has 0 heterocycles. The largest absolute Gasteiger partial charge is 0.490 e. The summed E-state index contributed by atoms with van der Waals surface area (Å²) in [6, 6.07) is 13.7. The van der Waals surface area contributed by atoms with Gasteiger partial charge in [-0.25, -0.2) is 0 Å². The first kappa shape index (κ1) is 25.1. The Kier molecular flexibility index (Phi) is 10.1. The third kappa shape index (κ3) is 7.79. The van der Waals surface area contributed by atoms with Crippen LogP contribution >= 0.6 is 7.92 Å². The molecule has 2 nitrogen and oxygen atoms in total. The third-order valence-corrected chi connectivity index (χ3v) is 5.40. The number of terminal acetylenes is 2. The Labute approximate surface area is 199 Å². The molecule has 0 radical (unpaired) electrons. The van der Waals surface area contributed by atoms with E-state index in [0.717, 1.165) is 27.9 Å². The standard InChI is InChI=1S/C30H23O2P/c1-7-9-11-15-22-33(23-16-12-10-8-2)29-21-14-13-18-26(29)30-27(31-24(3)4)19-17-20-28(30)32-25(5)6/h1-2,13-14,17-21,24-25H,3-6H3. The monoisotopic (exact) mass is 446 g/mol. The Morgan fingerprint density at radius 2 is 1.18 bits per heavy atom. The number of hydrogen-bond acceptors (Lipinski definition) is 2. The van der Waals surface area contributed by atoms with Gasteiger partial charge in [0.2, 0.25) is 0 Å². The van der Waals surface area contributed by atoms with Crippen LogP contribution in [0.25, 0.3) is 11.1 Å². The summed E-state index contributed by atoms with van der Waals surface area (Å²) in [5, 5.41) is 0.936. The van der Waals surface area contributed by atoms with E-state index in [0.29, 0.717) is 0 Å². The Bertz CT molecular complexity index is 1240. The predicted molar refractivity (Wildman–Crippen MR) is 139 cm³/mol. The third-order valence-electron chi connectivity index (χ3n) is 3.86. The highest BCUT2D eigenvalue weighted by molar-refractivity contribution is 7.75. The van der Waals surface area contributed by atoms with E-state index in [1.165, 1.54) is 0 Å². The molecule has 0 aliphatic heterocycles. The molecule has 0 spiro atoms. The molecule has 0 atom stereocenters. The van der Waals surface area contributed by atoms with E-state index in [-0.39, 0.29) is 12.2 Å². The van der Waals surface area contributed by atoms with Crippen LogP contribution in [-0.2, 0) is 0 Å². The van der Waals surface area contributed by atoms with Crippen LogP contribution in [0.5, 0.6) is 11.5 Å². The minimum atomic E-state index is -1.27.